The van der Waals surface area contributed by atoms with Gasteiger partial charge in [0.15, 0.2) is 6.29 Å². The maximum Gasteiger partial charge on any atom is 0.288 e. The van der Waals surface area contributed by atoms with Gasteiger partial charge < -0.3 is 0 Å². The third-order valence-corrected chi connectivity index (χ3v) is 3.09. The highest BCUT2D eigenvalue weighted by atomic mass is 35.5. The monoisotopic (exact) mass is 225 g/mol. The average molecular weight is 226 g/mol. The zero-order valence-electron chi connectivity index (χ0n) is 7.83. The third-order valence-electron chi connectivity index (χ3n) is 2.67. The maximum atomic E-state index is 10.8. The lowest BCUT2D eigenvalue weighted by Gasteiger charge is -2.05. The lowest BCUT2D eigenvalue weighted by Crippen LogP contribution is -1.98. The molecule has 0 fully saturated rings. The van der Waals surface area contributed by atoms with Crippen molar-refractivity contribution in [3.05, 3.63) is 37.9 Å². The number of aldehydes is 1. The summed E-state index contributed by atoms with van der Waals surface area (Å²) in [7, 11) is 0. The number of nitro benzene ring substituents is 1. The molecule has 0 heterocycles. The summed E-state index contributed by atoms with van der Waals surface area (Å²) in [6.45, 7) is 0. The van der Waals surface area contributed by atoms with Crippen LogP contribution in [-0.4, -0.2) is 11.2 Å². The molecule has 0 saturated heterocycles. The molecule has 0 radical (unpaired) electrons. The number of carbonyl (C=O) groups excluding carboxylic acids is 1. The van der Waals surface area contributed by atoms with Crippen molar-refractivity contribution in [1.29, 1.82) is 0 Å². The molecule has 0 N–H and O–H groups in total. The Balaban J connectivity index is 2.71. The Kier molecular flexibility index (Phi) is 2.44. The third kappa shape index (κ3) is 1.51. The van der Waals surface area contributed by atoms with Crippen molar-refractivity contribution in [3.8, 4) is 0 Å². The highest BCUT2D eigenvalue weighted by molar-refractivity contribution is 6.33. The van der Waals surface area contributed by atoms with Gasteiger partial charge in [-0.15, -0.1) is 0 Å². The molecular weight excluding hydrogens is 218 g/mol. The summed E-state index contributed by atoms with van der Waals surface area (Å²) < 4.78 is 0. The molecule has 1 aliphatic carbocycles. The number of rotatable bonds is 2. The van der Waals surface area contributed by atoms with E-state index in [1.54, 1.807) is 0 Å². The van der Waals surface area contributed by atoms with Gasteiger partial charge in [0.2, 0.25) is 0 Å². The Morgan fingerprint density at radius 2 is 2.07 bits per heavy atom. The zero-order chi connectivity index (χ0) is 11.0. The van der Waals surface area contributed by atoms with Crippen molar-refractivity contribution >= 4 is 23.6 Å². The van der Waals surface area contributed by atoms with Gasteiger partial charge in [-0.25, -0.2) is 0 Å². The first-order valence-corrected chi connectivity index (χ1v) is 4.96. The van der Waals surface area contributed by atoms with Crippen LogP contribution in [0.5, 0.6) is 0 Å². The van der Waals surface area contributed by atoms with Crippen molar-refractivity contribution in [2.45, 2.75) is 19.3 Å². The number of nitrogens with zero attached hydrogens (tertiary/aromatic N) is 1. The van der Waals surface area contributed by atoms with E-state index in [1.807, 2.05) is 0 Å². The molecule has 1 aromatic carbocycles. The van der Waals surface area contributed by atoms with Crippen molar-refractivity contribution in [2.24, 2.45) is 0 Å². The zero-order valence-corrected chi connectivity index (χ0v) is 8.58. The van der Waals surface area contributed by atoms with Gasteiger partial charge in [0.25, 0.3) is 5.69 Å². The molecule has 5 heteroatoms. The molecule has 0 bridgehead atoms. The van der Waals surface area contributed by atoms with Crippen LogP contribution in [0, 0.1) is 10.1 Å². The molecule has 4 nitrogen and oxygen atoms in total. The average Bonchev–Trinajstić information content (AvgIpc) is 2.67. The first-order valence-electron chi connectivity index (χ1n) is 4.59. The summed E-state index contributed by atoms with van der Waals surface area (Å²) >= 11 is 5.92. The van der Waals surface area contributed by atoms with Crippen LogP contribution in [0.4, 0.5) is 5.69 Å². The number of hydrogen-bond donors (Lipinski definition) is 0. The Bertz CT molecular complexity index is 456. The largest absolute Gasteiger partial charge is 0.298 e. The number of fused-ring (bicyclic) bond motifs is 1. The van der Waals surface area contributed by atoms with Crippen molar-refractivity contribution < 1.29 is 9.72 Å². The van der Waals surface area contributed by atoms with E-state index in [9.17, 15) is 14.9 Å². The van der Waals surface area contributed by atoms with Crippen LogP contribution >= 0.6 is 11.6 Å². The van der Waals surface area contributed by atoms with E-state index in [4.69, 9.17) is 11.6 Å². The molecule has 15 heavy (non-hydrogen) atoms. The fourth-order valence-electron chi connectivity index (χ4n) is 1.99. The van der Waals surface area contributed by atoms with Gasteiger partial charge in [0, 0.05) is 11.6 Å². The molecule has 0 aromatic heterocycles. The first-order chi connectivity index (χ1) is 7.15. The predicted octanol–water partition coefficient (Wildman–Crippen LogP) is 2.55. The second kappa shape index (κ2) is 3.62. The summed E-state index contributed by atoms with van der Waals surface area (Å²) in [5, 5.41) is 10.9. The van der Waals surface area contributed by atoms with Crippen LogP contribution in [0.25, 0.3) is 0 Å². The number of nitro groups is 1. The summed E-state index contributed by atoms with van der Waals surface area (Å²) in [5.41, 5.74) is 1.88. The molecule has 0 aliphatic heterocycles. The molecule has 2 rings (SSSR count). The topological polar surface area (TPSA) is 60.2 Å². The van der Waals surface area contributed by atoms with Crippen LogP contribution in [0.1, 0.15) is 27.9 Å². The standard InChI is InChI=1S/C10H8ClNO3/c11-10-8-3-1-2-7(8)6(5-13)4-9(10)12(14)15/h4-5H,1-3H2. The minimum absolute atomic E-state index is 0.167. The minimum atomic E-state index is -0.548. The van der Waals surface area contributed by atoms with Crippen molar-refractivity contribution in [1.82, 2.24) is 0 Å². The van der Waals surface area contributed by atoms with E-state index in [1.165, 1.54) is 6.07 Å². The fourth-order valence-corrected chi connectivity index (χ4v) is 2.33. The van der Waals surface area contributed by atoms with Crippen LogP contribution in [0.3, 0.4) is 0 Å². The number of benzene rings is 1. The number of hydrogen-bond acceptors (Lipinski definition) is 3. The van der Waals surface area contributed by atoms with Gasteiger partial charge in [0.05, 0.1) is 4.92 Å². The highest BCUT2D eigenvalue weighted by Crippen LogP contribution is 2.37. The molecule has 0 unspecified atom stereocenters. The molecular formula is C10H8ClNO3. The Hall–Kier alpha value is -1.42. The second-order valence-corrected chi connectivity index (χ2v) is 3.86. The van der Waals surface area contributed by atoms with Crippen LogP contribution in [-0.2, 0) is 12.8 Å². The first kappa shape index (κ1) is 10.1. The van der Waals surface area contributed by atoms with E-state index in [0.29, 0.717) is 11.8 Å². The van der Waals surface area contributed by atoms with E-state index >= 15 is 0 Å². The predicted molar refractivity (Wildman–Crippen MR) is 55.5 cm³/mol. The molecule has 0 atom stereocenters. The normalized spacial score (nSPS) is 13.7. The lowest BCUT2D eigenvalue weighted by molar-refractivity contribution is -0.384. The molecule has 0 spiro atoms. The Labute approximate surface area is 91.0 Å². The molecule has 1 aromatic rings. The molecule has 0 amide bonds. The van der Waals surface area contributed by atoms with E-state index in [0.717, 1.165) is 30.4 Å². The van der Waals surface area contributed by atoms with Crippen LogP contribution in [0.2, 0.25) is 5.02 Å². The van der Waals surface area contributed by atoms with Gasteiger partial charge >= 0.3 is 0 Å². The highest BCUT2D eigenvalue weighted by Gasteiger charge is 2.25. The number of halogens is 1. The van der Waals surface area contributed by atoms with Gasteiger partial charge in [-0.05, 0) is 30.4 Å². The van der Waals surface area contributed by atoms with Gasteiger partial charge in [-0.1, -0.05) is 11.6 Å². The fraction of sp³-hybridized carbons (Fsp3) is 0.300. The minimum Gasteiger partial charge on any atom is -0.298 e. The lowest BCUT2D eigenvalue weighted by atomic mass is 10.0. The van der Waals surface area contributed by atoms with Gasteiger partial charge in [-0.2, -0.15) is 0 Å². The quantitative estimate of drug-likeness (QED) is 0.442. The Morgan fingerprint density at radius 3 is 2.67 bits per heavy atom. The van der Waals surface area contributed by atoms with Crippen molar-refractivity contribution in [2.75, 3.05) is 0 Å². The SMILES string of the molecule is O=Cc1cc([N+](=O)[O-])c(Cl)c2c1CCC2. The van der Waals surface area contributed by atoms with E-state index in [-0.39, 0.29) is 10.7 Å². The van der Waals surface area contributed by atoms with Gasteiger partial charge in [0.1, 0.15) is 5.02 Å². The molecule has 78 valence electrons. The van der Waals surface area contributed by atoms with E-state index in [2.05, 4.69) is 0 Å². The van der Waals surface area contributed by atoms with Gasteiger partial charge in [-0.3, -0.25) is 14.9 Å². The summed E-state index contributed by atoms with van der Waals surface area (Å²) in [6.07, 6.45) is 3.06. The Morgan fingerprint density at radius 1 is 1.40 bits per heavy atom. The van der Waals surface area contributed by atoms with Crippen molar-refractivity contribution in [3.63, 3.8) is 0 Å². The summed E-state index contributed by atoms with van der Waals surface area (Å²) in [4.78, 5) is 20.9. The van der Waals surface area contributed by atoms with E-state index < -0.39 is 4.92 Å². The molecule has 0 saturated carbocycles. The second-order valence-electron chi connectivity index (χ2n) is 3.48. The number of carbonyl (C=O) groups is 1. The maximum absolute atomic E-state index is 10.8. The summed E-state index contributed by atoms with van der Waals surface area (Å²) in [6, 6.07) is 1.26. The van der Waals surface area contributed by atoms with Crippen LogP contribution < -0.4 is 0 Å². The van der Waals surface area contributed by atoms with Crippen LogP contribution in [0.15, 0.2) is 6.07 Å². The smallest absolute Gasteiger partial charge is 0.288 e. The molecule has 1 aliphatic rings. The summed E-state index contributed by atoms with van der Waals surface area (Å²) in [5.74, 6) is 0.